The predicted octanol–water partition coefficient (Wildman–Crippen LogP) is 2.33. The number of nitrogens with one attached hydrogen (secondary N) is 1. The van der Waals surface area contributed by atoms with E-state index in [9.17, 15) is 27.6 Å². The molecule has 142 valence electrons. The Morgan fingerprint density at radius 3 is 2.15 bits per heavy atom. The summed E-state index contributed by atoms with van der Waals surface area (Å²) >= 11 is 0. The van der Waals surface area contributed by atoms with Crippen molar-refractivity contribution in [1.82, 2.24) is 4.90 Å². The number of imide groups is 1. The summed E-state index contributed by atoms with van der Waals surface area (Å²) in [5.41, 5.74) is 0.232. The lowest BCUT2D eigenvalue weighted by Crippen LogP contribution is -2.39. The monoisotopic (exact) mass is 380 g/mol. The summed E-state index contributed by atoms with van der Waals surface area (Å²) in [5, 5.41) is 2.47. The minimum absolute atomic E-state index is 0.0608. The highest BCUT2D eigenvalue weighted by molar-refractivity contribution is 6.09. The van der Waals surface area contributed by atoms with E-state index in [-0.39, 0.29) is 41.2 Å². The number of nitrogens with zero attached hydrogens (tertiary/aromatic N) is 1. The number of ether oxygens (including phenoxy) is 1. The van der Waals surface area contributed by atoms with Crippen molar-refractivity contribution in [2.75, 3.05) is 11.9 Å². The minimum atomic E-state index is -4.80. The van der Waals surface area contributed by atoms with Gasteiger partial charge in [-0.15, -0.1) is 13.2 Å². The van der Waals surface area contributed by atoms with Crippen LogP contribution in [0.3, 0.4) is 0 Å². The van der Waals surface area contributed by atoms with Crippen LogP contribution < -0.4 is 10.1 Å². The number of likely N-dealkylation sites (tertiary alicyclic amines) is 1. The second-order valence-corrected chi connectivity index (χ2v) is 6.88. The van der Waals surface area contributed by atoms with Crippen molar-refractivity contribution in [2.24, 2.45) is 23.7 Å². The maximum absolute atomic E-state index is 12.5. The number of alkyl halides is 3. The smallest absolute Gasteiger partial charge is 0.406 e. The normalized spacial score (nSPS) is 28.6. The van der Waals surface area contributed by atoms with Gasteiger partial charge in [0.15, 0.2) is 0 Å². The molecule has 4 rings (SSSR count). The molecule has 4 atom stereocenters. The Morgan fingerprint density at radius 1 is 1.07 bits per heavy atom. The number of hydrogen-bond donors (Lipinski definition) is 1. The highest BCUT2D eigenvalue weighted by Crippen LogP contribution is 2.52. The zero-order valence-corrected chi connectivity index (χ0v) is 13.9. The first-order valence-corrected chi connectivity index (χ1v) is 8.42. The van der Waals surface area contributed by atoms with Crippen LogP contribution in [-0.2, 0) is 14.4 Å². The van der Waals surface area contributed by atoms with Gasteiger partial charge < -0.3 is 10.1 Å². The lowest BCUT2D eigenvalue weighted by molar-refractivity contribution is -0.274. The fourth-order valence-corrected chi connectivity index (χ4v) is 4.20. The van der Waals surface area contributed by atoms with Crippen LogP contribution in [0.15, 0.2) is 36.4 Å². The Morgan fingerprint density at radius 2 is 1.63 bits per heavy atom. The lowest BCUT2D eigenvalue weighted by atomic mass is 9.85. The highest BCUT2D eigenvalue weighted by atomic mass is 19.4. The molecule has 3 amide bonds. The second-order valence-electron chi connectivity index (χ2n) is 6.88. The van der Waals surface area contributed by atoms with Gasteiger partial charge in [0.2, 0.25) is 17.7 Å². The van der Waals surface area contributed by atoms with Crippen LogP contribution in [-0.4, -0.2) is 35.5 Å². The molecule has 0 aromatic heterocycles. The molecular weight excluding hydrogens is 365 g/mol. The van der Waals surface area contributed by atoms with Gasteiger partial charge >= 0.3 is 6.36 Å². The molecule has 1 N–H and O–H groups in total. The van der Waals surface area contributed by atoms with E-state index in [1.54, 1.807) is 0 Å². The lowest BCUT2D eigenvalue weighted by Gasteiger charge is -2.17. The number of halogens is 3. The van der Waals surface area contributed by atoms with Crippen LogP contribution in [0.2, 0.25) is 0 Å². The molecule has 0 radical (unpaired) electrons. The van der Waals surface area contributed by atoms with Gasteiger partial charge in [-0.3, -0.25) is 19.3 Å². The maximum atomic E-state index is 12.5. The van der Waals surface area contributed by atoms with Gasteiger partial charge in [0, 0.05) is 5.69 Å². The third-order valence-corrected chi connectivity index (χ3v) is 5.24. The van der Waals surface area contributed by atoms with Gasteiger partial charge in [-0.25, -0.2) is 0 Å². The number of benzene rings is 1. The summed E-state index contributed by atoms with van der Waals surface area (Å²) in [6.07, 6.45) is -0.0664. The van der Waals surface area contributed by atoms with Crippen LogP contribution in [0, 0.1) is 23.7 Å². The number of amides is 3. The van der Waals surface area contributed by atoms with Crippen molar-refractivity contribution in [3.63, 3.8) is 0 Å². The van der Waals surface area contributed by atoms with E-state index in [1.807, 2.05) is 12.2 Å². The summed E-state index contributed by atoms with van der Waals surface area (Å²) in [6, 6.07) is 4.60. The first-order valence-electron chi connectivity index (χ1n) is 8.42. The van der Waals surface area contributed by atoms with Crippen LogP contribution in [0.1, 0.15) is 6.42 Å². The number of carbonyl (C=O) groups is 3. The minimum Gasteiger partial charge on any atom is -0.406 e. The summed E-state index contributed by atoms with van der Waals surface area (Å²) in [7, 11) is 0. The second kappa shape index (κ2) is 6.11. The molecule has 0 unspecified atom stereocenters. The summed E-state index contributed by atoms with van der Waals surface area (Å²) in [6.45, 7) is -0.412. The quantitative estimate of drug-likeness (QED) is 0.643. The SMILES string of the molecule is O=C(CN1C(=O)[C@@H]2[C@@H](C1=O)[C@H]1C=C[C@H]2C1)Nc1ccc(OC(F)(F)F)cc1. The molecule has 6 nitrogen and oxygen atoms in total. The summed E-state index contributed by atoms with van der Waals surface area (Å²) < 4.78 is 40.2. The van der Waals surface area contributed by atoms with E-state index in [0.29, 0.717) is 0 Å². The van der Waals surface area contributed by atoms with Crippen molar-refractivity contribution in [3.05, 3.63) is 36.4 Å². The van der Waals surface area contributed by atoms with Crippen LogP contribution in [0.25, 0.3) is 0 Å². The standard InChI is InChI=1S/C18H15F3N2O4/c19-18(20,21)27-12-5-3-11(4-6-12)22-13(24)8-23-16(25)14-9-1-2-10(7-9)15(14)17(23)26/h1-6,9-10,14-15H,7-8H2,(H,22,24)/t9-,10-,14-,15-/m0/s1. The molecule has 1 aliphatic heterocycles. The van der Waals surface area contributed by atoms with E-state index in [4.69, 9.17) is 0 Å². The van der Waals surface area contributed by atoms with E-state index in [1.165, 1.54) is 12.1 Å². The maximum Gasteiger partial charge on any atom is 0.573 e. The Labute approximate surface area is 152 Å². The van der Waals surface area contributed by atoms with Crippen LogP contribution in [0.4, 0.5) is 18.9 Å². The summed E-state index contributed by atoms with van der Waals surface area (Å²) in [4.78, 5) is 38.2. The van der Waals surface area contributed by atoms with Gasteiger partial charge in [-0.2, -0.15) is 0 Å². The number of allylic oxidation sites excluding steroid dienone is 2. The molecule has 0 spiro atoms. The first-order chi connectivity index (χ1) is 12.7. The van der Waals surface area contributed by atoms with Crippen molar-refractivity contribution < 1.29 is 32.3 Å². The molecule has 1 aromatic rings. The third kappa shape index (κ3) is 3.17. The average molecular weight is 380 g/mol. The molecule has 9 heteroatoms. The van der Waals surface area contributed by atoms with E-state index in [0.717, 1.165) is 23.5 Å². The largest absolute Gasteiger partial charge is 0.573 e. The topological polar surface area (TPSA) is 75.7 Å². The molecule has 27 heavy (non-hydrogen) atoms. The van der Waals surface area contributed by atoms with Gasteiger partial charge in [0.05, 0.1) is 11.8 Å². The van der Waals surface area contributed by atoms with Crippen molar-refractivity contribution in [1.29, 1.82) is 0 Å². The predicted molar refractivity (Wildman–Crippen MR) is 86.2 cm³/mol. The average Bonchev–Trinajstić information content (AvgIpc) is 3.25. The Bertz CT molecular complexity index is 804. The number of carbonyl (C=O) groups excluding carboxylic acids is 3. The molecule has 1 saturated carbocycles. The Kier molecular flexibility index (Phi) is 3.97. The molecule has 2 aliphatic carbocycles. The number of hydrogen-bond acceptors (Lipinski definition) is 4. The number of rotatable bonds is 4. The zero-order chi connectivity index (χ0) is 19.3. The van der Waals surface area contributed by atoms with Crippen molar-refractivity contribution in [2.45, 2.75) is 12.8 Å². The molecule has 1 heterocycles. The molecule has 3 aliphatic rings. The van der Waals surface area contributed by atoms with Crippen LogP contribution in [0.5, 0.6) is 5.75 Å². The van der Waals surface area contributed by atoms with E-state index in [2.05, 4.69) is 10.1 Å². The van der Waals surface area contributed by atoms with Gasteiger partial charge in [-0.1, -0.05) is 12.2 Å². The van der Waals surface area contributed by atoms with Crippen molar-refractivity contribution in [3.8, 4) is 5.75 Å². The Balaban J connectivity index is 1.37. The van der Waals surface area contributed by atoms with Crippen LogP contribution >= 0.6 is 0 Å². The first kappa shape index (κ1) is 17.6. The fraction of sp³-hybridized carbons (Fsp3) is 0.389. The molecule has 2 fully saturated rings. The Hall–Kier alpha value is -2.84. The molecule has 1 aromatic carbocycles. The number of anilines is 1. The fourth-order valence-electron chi connectivity index (χ4n) is 4.20. The molecule has 1 saturated heterocycles. The summed E-state index contributed by atoms with van der Waals surface area (Å²) in [5.74, 6) is -2.30. The van der Waals surface area contributed by atoms with E-state index >= 15 is 0 Å². The van der Waals surface area contributed by atoms with Gasteiger partial charge in [0.1, 0.15) is 12.3 Å². The zero-order valence-electron chi connectivity index (χ0n) is 13.9. The molecule has 2 bridgehead atoms. The molecular formula is C18H15F3N2O4. The van der Waals surface area contributed by atoms with Gasteiger partial charge in [-0.05, 0) is 42.5 Å². The van der Waals surface area contributed by atoms with Crippen molar-refractivity contribution >= 4 is 23.4 Å². The third-order valence-electron chi connectivity index (χ3n) is 5.24. The van der Waals surface area contributed by atoms with E-state index < -0.39 is 24.6 Å². The highest BCUT2D eigenvalue weighted by Gasteiger charge is 2.59. The van der Waals surface area contributed by atoms with Gasteiger partial charge in [0.25, 0.3) is 0 Å². The number of fused-ring (bicyclic) bond motifs is 5.